The van der Waals surface area contributed by atoms with Gasteiger partial charge in [-0.2, -0.15) is 5.10 Å². The molecule has 2 rings (SSSR count). The van der Waals surface area contributed by atoms with E-state index in [2.05, 4.69) is 31.9 Å². The van der Waals surface area contributed by atoms with E-state index in [4.69, 9.17) is 0 Å². The van der Waals surface area contributed by atoms with Crippen molar-refractivity contribution in [1.29, 1.82) is 0 Å². The Hall–Kier alpha value is -1.64. The molecule has 0 atom stereocenters. The molecule has 2 aromatic heterocycles. The largest absolute Gasteiger partial charge is 0.294 e. The van der Waals surface area contributed by atoms with Gasteiger partial charge in [0.15, 0.2) is 5.78 Å². The van der Waals surface area contributed by atoms with Gasteiger partial charge >= 0.3 is 0 Å². The second-order valence-corrected chi connectivity index (χ2v) is 5.51. The summed E-state index contributed by atoms with van der Waals surface area (Å²) in [6.45, 7) is 6.32. The number of aryl methyl sites for hydroxylation is 1. The number of hydrogen-bond donors (Lipinski definition) is 0. The first-order chi connectivity index (χ1) is 9.13. The van der Waals surface area contributed by atoms with Gasteiger partial charge in [-0.1, -0.05) is 33.3 Å². The van der Waals surface area contributed by atoms with Crippen molar-refractivity contribution in [3.8, 4) is 0 Å². The van der Waals surface area contributed by atoms with Gasteiger partial charge in [0, 0.05) is 12.6 Å². The Morgan fingerprint density at radius 1 is 1.42 bits per heavy atom. The van der Waals surface area contributed by atoms with Gasteiger partial charge in [-0.3, -0.25) is 4.79 Å². The quantitative estimate of drug-likeness (QED) is 0.736. The lowest BCUT2D eigenvalue weighted by Gasteiger charge is -2.06. The van der Waals surface area contributed by atoms with Gasteiger partial charge in [0.05, 0.1) is 17.3 Å². The Balaban J connectivity index is 2.41. The zero-order valence-corrected chi connectivity index (χ0v) is 12.0. The fourth-order valence-corrected chi connectivity index (χ4v) is 2.37. The highest BCUT2D eigenvalue weighted by atomic mass is 16.1. The molecule has 2 heterocycles. The number of pyridine rings is 1. The van der Waals surface area contributed by atoms with E-state index in [0.29, 0.717) is 12.3 Å². The summed E-state index contributed by atoms with van der Waals surface area (Å²) in [5, 5.41) is 4.31. The van der Waals surface area contributed by atoms with Crippen LogP contribution in [0.2, 0.25) is 0 Å². The first-order valence-electron chi connectivity index (χ1n) is 7.12. The maximum absolute atomic E-state index is 12.3. The Kier molecular flexibility index (Phi) is 4.35. The molecule has 0 bridgehead atoms. The van der Waals surface area contributed by atoms with Crippen LogP contribution in [0, 0.1) is 5.92 Å². The molecule has 2 aromatic rings. The van der Waals surface area contributed by atoms with Gasteiger partial charge in [-0.15, -0.1) is 0 Å². The van der Waals surface area contributed by atoms with Crippen LogP contribution in [0.15, 0.2) is 24.5 Å². The zero-order chi connectivity index (χ0) is 13.8. The van der Waals surface area contributed by atoms with Crippen molar-refractivity contribution in [2.24, 2.45) is 5.92 Å². The SMILES string of the molecule is CCCCc1cccn2ncc(C(=O)CC(C)C)c12. The van der Waals surface area contributed by atoms with Gasteiger partial charge in [0.25, 0.3) is 0 Å². The molecule has 0 saturated heterocycles. The highest BCUT2D eigenvalue weighted by Crippen LogP contribution is 2.20. The number of carbonyl (C=O) groups excluding carboxylic acids is 1. The molecule has 0 spiro atoms. The molecule has 3 heteroatoms. The summed E-state index contributed by atoms with van der Waals surface area (Å²) in [6, 6.07) is 4.11. The molecule has 0 saturated carbocycles. The summed E-state index contributed by atoms with van der Waals surface area (Å²) < 4.78 is 1.83. The lowest BCUT2D eigenvalue weighted by Crippen LogP contribution is -2.04. The predicted octanol–water partition coefficient (Wildman–Crippen LogP) is 3.91. The Bertz CT molecular complexity index is 569. The summed E-state index contributed by atoms with van der Waals surface area (Å²) in [7, 11) is 0. The third kappa shape index (κ3) is 3.03. The molecule has 0 unspecified atom stereocenters. The van der Waals surface area contributed by atoms with E-state index in [1.165, 1.54) is 5.56 Å². The lowest BCUT2D eigenvalue weighted by molar-refractivity contribution is 0.0969. The van der Waals surface area contributed by atoms with Crippen LogP contribution >= 0.6 is 0 Å². The number of rotatable bonds is 6. The molecule has 0 radical (unpaired) electrons. The van der Waals surface area contributed by atoms with E-state index in [9.17, 15) is 4.79 Å². The van der Waals surface area contributed by atoms with E-state index >= 15 is 0 Å². The van der Waals surface area contributed by atoms with Crippen molar-refractivity contribution in [2.45, 2.75) is 46.5 Å². The normalized spacial score (nSPS) is 11.4. The van der Waals surface area contributed by atoms with Gasteiger partial charge in [0.2, 0.25) is 0 Å². The minimum atomic E-state index is 0.203. The highest BCUT2D eigenvalue weighted by molar-refractivity contribution is 6.02. The number of ketones is 1. The van der Waals surface area contributed by atoms with Crippen molar-refractivity contribution < 1.29 is 4.79 Å². The Morgan fingerprint density at radius 2 is 2.21 bits per heavy atom. The molecule has 0 aliphatic carbocycles. The molecule has 0 aliphatic rings. The highest BCUT2D eigenvalue weighted by Gasteiger charge is 2.16. The van der Waals surface area contributed by atoms with Gasteiger partial charge in [-0.25, -0.2) is 4.52 Å². The lowest BCUT2D eigenvalue weighted by atomic mass is 9.99. The van der Waals surface area contributed by atoms with Gasteiger partial charge in [-0.05, 0) is 30.4 Å². The van der Waals surface area contributed by atoms with Crippen LogP contribution in [-0.4, -0.2) is 15.4 Å². The van der Waals surface area contributed by atoms with E-state index in [-0.39, 0.29) is 5.78 Å². The summed E-state index contributed by atoms with van der Waals surface area (Å²) in [4.78, 5) is 12.3. The summed E-state index contributed by atoms with van der Waals surface area (Å²) >= 11 is 0. The van der Waals surface area contributed by atoms with Crippen molar-refractivity contribution in [3.05, 3.63) is 35.7 Å². The zero-order valence-electron chi connectivity index (χ0n) is 12.0. The molecule has 0 aromatic carbocycles. The number of carbonyl (C=O) groups is 1. The van der Waals surface area contributed by atoms with Gasteiger partial charge < -0.3 is 0 Å². The van der Waals surface area contributed by atoms with Crippen molar-refractivity contribution in [3.63, 3.8) is 0 Å². The van der Waals surface area contributed by atoms with Gasteiger partial charge in [0.1, 0.15) is 0 Å². The molecule has 0 aliphatic heterocycles. The van der Waals surface area contributed by atoms with E-state index in [1.807, 2.05) is 16.8 Å². The predicted molar refractivity (Wildman–Crippen MR) is 77.6 cm³/mol. The standard InChI is InChI=1S/C16H22N2O/c1-4-5-7-13-8-6-9-18-16(13)14(11-17-18)15(19)10-12(2)3/h6,8-9,11-12H,4-5,7,10H2,1-3H3. The Morgan fingerprint density at radius 3 is 2.89 bits per heavy atom. The number of Topliss-reactive ketones (excluding diaryl/α,β-unsaturated/α-hetero) is 1. The third-order valence-electron chi connectivity index (χ3n) is 3.32. The summed E-state index contributed by atoms with van der Waals surface area (Å²) in [5.41, 5.74) is 3.01. The Labute approximate surface area is 114 Å². The van der Waals surface area contributed by atoms with Crippen LogP contribution in [0.5, 0.6) is 0 Å². The first-order valence-corrected chi connectivity index (χ1v) is 7.12. The van der Waals surface area contributed by atoms with Crippen molar-refractivity contribution in [1.82, 2.24) is 9.61 Å². The molecule has 102 valence electrons. The van der Waals surface area contributed by atoms with Crippen LogP contribution in [0.25, 0.3) is 5.52 Å². The van der Waals surface area contributed by atoms with Crippen molar-refractivity contribution >= 4 is 11.3 Å². The molecular formula is C16H22N2O. The number of hydrogen-bond acceptors (Lipinski definition) is 2. The monoisotopic (exact) mass is 258 g/mol. The summed E-state index contributed by atoms with van der Waals surface area (Å²) in [5.74, 6) is 0.583. The van der Waals surface area contributed by atoms with E-state index in [1.54, 1.807) is 6.20 Å². The van der Waals surface area contributed by atoms with Crippen LogP contribution in [0.3, 0.4) is 0 Å². The average molecular weight is 258 g/mol. The van der Waals surface area contributed by atoms with E-state index < -0.39 is 0 Å². The third-order valence-corrected chi connectivity index (χ3v) is 3.32. The minimum Gasteiger partial charge on any atom is -0.294 e. The smallest absolute Gasteiger partial charge is 0.166 e. The summed E-state index contributed by atoms with van der Waals surface area (Å²) in [6.07, 6.45) is 7.53. The second kappa shape index (κ2) is 6.00. The number of aromatic nitrogens is 2. The minimum absolute atomic E-state index is 0.203. The van der Waals surface area contributed by atoms with Crippen LogP contribution in [0.1, 0.15) is 56.0 Å². The fourth-order valence-electron chi connectivity index (χ4n) is 2.37. The van der Waals surface area contributed by atoms with Crippen LogP contribution in [0.4, 0.5) is 0 Å². The maximum atomic E-state index is 12.3. The second-order valence-electron chi connectivity index (χ2n) is 5.51. The van der Waals surface area contributed by atoms with Crippen molar-refractivity contribution in [2.75, 3.05) is 0 Å². The van der Waals surface area contributed by atoms with Crippen LogP contribution in [-0.2, 0) is 6.42 Å². The molecule has 3 nitrogen and oxygen atoms in total. The maximum Gasteiger partial charge on any atom is 0.166 e. The molecule has 0 N–H and O–H groups in total. The number of unbranched alkanes of at least 4 members (excludes halogenated alkanes) is 1. The molecule has 0 fully saturated rings. The molecular weight excluding hydrogens is 236 g/mol. The number of nitrogens with zero attached hydrogens (tertiary/aromatic N) is 2. The topological polar surface area (TPSA) is 34.4 Å². The van der Waals surface area contributed by atoms with E-state index in [0.717, 1.165) is 30.3 Å². The van der Waals surface area contributed by atoms with Crippen LogP contribution < -0.4 is 0 Å². The average Bonchev–Trinajstić information content (AvgIpc) is 2.79. The number of fused-ring (bicyclic) bond motifs is 1. The molecule has 0 amide bonds. The molecule has 19 heavy (non-hydrogen) atoms. The fraction of sp³-hybridized carbons (Fsp3) is 0.500. The first kappa shape index (κ1) is 13.8.